The van der Waals surface area contributed by atoms with Gasteiger partial charge in [0, 0.05) is 32.9 Å². The van der Waals surface area contributed by atoms with E-state index < -0.39 is 0 Å². The van der Waals surface area contributed by atoms with Crippen LogP contribution in [0.3, 0.4) is 0 Å². The lowest BCUT2D eigenvalue weighted by atomic mass is 10.2. The fourth-order valence-electron chi connectivity index (χ4n) is 1.53. The maximum absolute atomic E-state index is 9.27. The normalized spacial score (nSPS) is 11.2. The van der Waals surface area contributed by atoms with Crippen molar-refractivity contribution in [3.05, 3.63) is 23.8 Å². The zero-order valence-corrected chi connectivity index (χ0v) is 11.4. The molecule has 2 rings (SSSR count). The van der Waals surface area contributed by atoms with Gasteiger partial charge in [-0.25, -0.2) is 0 Å². The summed E-state index contributed by atoms with van der Waals surface area (Å²) < 4.78 is 1.65. The van der Waals surface area contributed by atoms with Gasteiger partial charge in [-0.2, -0.15) is 25.3 Å². The third-order valence-corrected chi connectivity index (χ3v) is 2.44. The lowest BCUT2D eigenvalue weighted by Crippen LogP contribution is -2.15. The van der Waals surface area contributed by atoms with Gasteiger partial charge >= 0.3 is 0 Å². The summed E-state index contributed by atoms with van der Waals surface area (Å²) in [6.45, 7) is 0. The van der Waals surface area contributed by atoms with Gasteiger partial charge in [0.1, 0.15) is 6.07 Å². The third-order valence-electron chi connectivity index (χ3n) is 2.44. The molecule has 2 N–H and O–H groups in total. The molecule has 0 aromatic carbocycles. The van der Waals surface area contributed by atoms with Gasteiger partial charge in [0.15, 0.2) is 5.82 Å². The van der Waals surface area contributed by atoms with Crippen molar-refractivity contribution in [1.29, 1.82) is 5.26 Å². The number of nitriles is 1. The first kappa shape index (κ1) is 13.5. The lowest BCUT2D eigenvalue weighted by molar-refractivity contribution is 0.767. The van der Waals surface area contributed by atoms with Crippen LogP contribution in [0.2, 0.25) is 0 Å². The number of aryl methyl sites for hydroxylation is 1. The Kier molecular flexibility index (Phi) is 3.61. The summed E-state index contributed by atoms with van der Waals surface area (Å²) in [5.74, 6) is 0.721. The van der Waals surface area contributed by atoms with Gasteiger partial charge in [0.2, 0.25) is 11.9 Å². The number of aromatic nitrogens is 5. The summed E-state index contributed by atoms with van der Waals surface area (Å²) in [6, 6.07) is 2.07. The topological polar surface area (TPSA) is 110 Å². The molecule has 0 aliphatic rings. The van der Waals surface area contributed by atoms with E-state index in [1.807, 2.05) is 0 Å². The number of hydrogen-bond acceptors (Lipinski definition) is 7. The second kappa shape index (κ2) is 5.36. The molecule has 0 unspecified atom stereocenters. The Morgan fingerprint density at radius 1 is 1.40 bits per heavy atom. The summed E-state index contributed by atoms with van der Waals surface area (Å²) in [7, 11) is 5.37. The summed E-state index contributed by atoms with van der Waals surface area (Å²) in [4.78, 5) is 13.9. The minimum absolute atomic E-state index is 0.0750. The van der Waals surface area contributed by atoms with Crippen LogP contribution in [0.4, 0.5) is 11.9 Å². The van der Waals surface area contributed by atoms with E-state index in [1.165, 1.54) is 0 Å². The number of nitrogens with zero attached hydrogens (tertiary/aromatic N) is 7. The fourth-order valence-corrected chi connectivity index (χ4v) is 1.53. The molecular weight excluding hydrogens is 256 g/mol. The van der Waals surface area contributed by atoms with Gasteiger partial charge < -0.3 is 10.6 Å². The molecule has 0 saturated carbocycles. The van der Waals surface area contributed by atoms with Crippen LogP contribution >= 0.6 is 0 Å². The Morgan fingerprint density at radius 2 is 2.15 bits per heavy atom. The summed E-state index contributed by atoms with van der Waals surface area (Å²) >= 11 is 0. The smallest absolute Gasteiger partial charge is 0.230 e. The molecular formula is C12H14N8. The Morgan fingerprint density at radius 3 is 2.70 bits per heavy atom. The molecule has 2 heterocycles. The van der Waals surface area contributed by atoms with Crippen LogP contribution in [0.25, 0.3) is 11.6 Å². The first-order valence-electron chi connectivity index (χ1n) is 5.79. The van der Waals surface area contributed by atoms with Crippen LogP contribution in [0.5, 0.6) is 0 Å². The van der Waals surface area contributed by atoms with Gasteiger partial charge in [-0.1, -0.05) is 0 Å². The van der Waals surface area contributed by atoms with Crippen molar-refractivity contribution in [3.8, 4) is 6.07 Å². The van der Waals surface area contributed by atoms with Gasteiger partial charge in [-0.3, -0.25) is 4.68 Å². The van der Waals surface area contributed by atoms with Gasteiger partial charge in [-0.05, 0) is 6.08 Å². The Balaban J connectivity index is 2.47. The van der Waals surface area contributed by atoms with Crippen molar-refractivity contribution in [3.63, 3.8) is 0 Å². The fraction of sp³-hybridized carbons (Fsp3) is 0.250. The highest BCUT2D eigenvalue weighted by Gasteiger charge is 2.11. The lowest BCUT2D eigenvalue weighted by Gasteiger charge is -2.10. The first-order chi connectivity index (χ1) is 9.49. The molecule has 0 bridgehead atoms. The molecule has 102 valence electrons. The molecule has 0 saturated heterocycles. The molecule has 8 nitrogen and oxygen atoms in total. The highest BCUT2D eigenvalue weighted by Crippen LogP contribution is 2.16. The predicted molar refractivity (Wildman–Crippen MR) is 75.3 cm³/mol. The quantitative estimate of drug-likeness (QED) is 0.799. The van der Waals surface area contributed by atoms with Crippen molar-refractivity contribution in [2.75, 3.05) is 24.7 Å². The monoisotopic (exact) mass is 270 g/mol. The minimum atomic E-state index is 0.0750. The summed E-state index contributed by atoms with van der Waals surface area (Å²) in [5, 5.41) is 13.3. The van der Waals surface area contributed by atoms with Gasteiger partial charge in [0.25, 0.3) is 0 Å². The molecule has 0 fully saturated rings. The second-order valence-electron chi connectivity index (χ2n) is 4.33. The average molecular weight is 270 g/mol. The van der Waals surface area contributed by atoms with Gasteiger partial charge in [0.05, 0.1) is 11.8 Å². The largest absolute Gasteiger partial charge is 0.368 e. The maximum Gasteiger partial charge on any atom is 0.230 e. The number of rotatable bonds is 3. The maximum atomic E-state index is 9.27. The van der Waals surface area contributed by atoms with Crippen LogP contribution in [-0.4, -0.2) is 38.8 Å². The van der Waals surface area contributed by atoms with E-state index in [2.05, 4.69) is 26.1 Å². The van der Waals surface area contributed by atoms with Crippen molar-refractivity contribution in [2.45, 2.75) is 0 Å². The van der Waals surface area contributed by atoms with Crippen molar-refractivity contribution >= 4 is 23.5 Å². The highest BCUT2D eigenvalue weighted by atomic mass is 15.3. The average Bonchev–Trinajstić information content (AvgIpc) is 2.80. The standard InChI is InChI=1S/C12H14N8/c1-19(2)12-17-10(16-11(14)18-12)9(5-13)4-8-6-15-20(3)7-8/h4,6-7H,1-3H3,(H2,14,16,17,18)/b9-4+. The SMILES string of the molecule is CN(C)c1nc(N)nc(/C(C#N)=C/c2cnn(C)c2)n1. The predicted octanol–water partition coefficient (Wildman–Crippen LogP) is 0.317. The Bertz CT molecular complexity index is 692. The Hall–Kier alpha value is -2.95. The molecule has 0 radical (unpaired) electrons. The van der Waals surface area contributed by atoms with Gasteiger partial charge in [-0.15, -0.1) is 0 Å². The van der Waals surface area contributed by atoms with Crippen molar-refractivity contribution < 1.29 is 0 Å². The van der Waals surface area contributed by atoms with Crippen LogP contribution in [0, 0.1) is 11.3 Å². The summed E-state index contributed by atoms with van der Waals surface area (Å²) in [6.07, 6.45) is 5.09. The Labute approximate surface area is 116 Å². The number of anilines is 2. The van der Waals surface area contributed by atoms with E-state index in [9.17, 15) is 5.26 Å². The molecule has 0 aliphatic heterocycles. The van der Waals surface area contributed by atoms with Crippen LogP contribution < -0.4 is 10.6 Å². The number of nitrogen functional groups attached to an aromatic ring is 1. The van der Waals surface area contributed by atoms with Crippen LogP contribution in [0.15, 0.2) is 12.4 Å². The molecule has 0 amide bonds. The van der Waals surface area contributed by atoms with Crippen LogP contribution in [-0.2, 0) is 7.05 Å². The minimum Gasteiger partial charge on any atom is -0.368 e. The van der Waals surface area contributed by atoms with E-state index in [-0.39, 0.29) is 11.8 Å². The van der Waals surface area contributed by atoms with Crippen molar-refractivity contribution in [2.24, 2.45) is 7.05 Å². The second-order valence-corrected chi connectivity index (χ2v) is 4.33. The molecule has 20 heavy (non-hydrogen) atoms. The molecule has 0 spiro atoms. The van der Waals surface area contributed by atoms with Crippen molar-refractivity contribution in [1.82, 2.24) is 24.7 Å². The third kappa shape index (κ3) is 2.89. The number of nitrogens with two attached hydrogens (primary N) is 1. The van der Waals surface area contributed by atoms with E-state index >= 15 is 0 Å². The molecule has 2 aromatic heterocycles. The van der Waals surface area contributed by atoms with E-state index in [0.29, 0.717) is 11.5 Å². The zero-order valence-electron chi connectivity index (χ0n) is 11.4. The molecule has 8 heteroatoms. The molecule has 0 aliphatic carbocycles. The van der Waals surface area contributed by atoms with E-state index in [0.717, 1.165) is 5.56 Å². The van der Waals surface area contributed by atoms with E-state index in [4.69, 9.17) is 5.73 Å². The summed E-state index contributed by atoms with van der Waals surface area (Å²) in [5.41, 5.74) is 6.73. The number of hydrogen-bond donors (Lipinski definition) is 1. The van der Waals surface area contributed by atoms with E-state index in [1.54, 1.807) is 49.2 Å². The first-order valence-corrected chi connectivity index (χ1v) is 5.79. The highest BCUT2D eigenvalue weighted by molar-refractivity contribution is 5.87. The molecule has 0 atom stereocenters. The van der Waals surface area contributed by atoms with Crippen LogP contribution in [0.1, 0.15) is 11.4 Å². The number of allylic oxidation sites excluding steroid dienone is 1. The molecule has 2 aromatic rings. The zero-order chi connectivity index (χ0) is 14.7.